The summed E-state index contributed by atoms with van der Waals surface area (Å²) in [7, 11) is 0. The minimum Gasteiger partial charge on any atom is -0.354 e. The van der Waals surface area contributed by atoms with Gasteiger partial charge in [-0.15, -0.1) is 12.6 Å². The zero-order chi connectivity index (χ0) is 24.8. The number of alkyl halides is 3. The maximum absolute atomic E-state index is 13.7. The molecule has 2 aromatic heterocycles. The normalized spacial score (nSPS) is 14.7. The van der Waals surface area contributed by atoms with Gasteiger partial charge in [-0.05, 0) is 66.9 Å². The molecule has 1 aliphatic rings. The fraction of sp³-hybridized carbons (Fsp3) is 0.208. The highest BCUT2D eigenvalue weighted by molar-refractivity contribution is 7.80. The molecule has 35 heavy (non-hydrogen) atoms. The molecule has 2 heterocycles. The van der Waals surface area contributed by atoms with Gasteiger partial charge in [0.25, 0.3) is 0 Å². The Labute approximate surface area is 202 Å². The topological polar surface area (TPSA) is 62.7 Å². The molecule has 1 aliphatic carbocycles. The predicted molar refractivity (Wildman–Crippen MR) is 125 cm³/mol. The van der Waals surface area contributed by atoms with Crippen molar-refractivity contribution >= 4 is 35.4 Å². The maximum atomic E-state index is 13.7. The van der Waals surface area contributed by atoms with Gasteiger partial charge in [-0.2, -0.15) is 18.2 Å². The van der Waals surface area contributed by atoms with Crippen LogP contribution in [0.3, 0.4) is 0 Å². The van der Waals surface area contributed by atoms with Crippen molar-refractivity contribution in [3.05, 3.63) is 71.8 Å². The summed E-state index contributed by atoms with van der Waals surface area (Å²) in [6.45, 7) is 0.199. The van der Waals surface area contributed by atoms with Gasteiger partial charge in [0.15, 0.2) is 5.82 Å². The molecule has 0 atom stereocenters. The molecule has 0 unspecified atom stereocenters. The van der Waals surface area contributed by atoms with Crippen LogP contribution in [0.1, 0.15) is 18.4 Å². The van der Waals surface area contributed by atoms with Gasteiger partial charge in [-0.25, -0.2) is 18.7 Å². The Bertz CT molecular complexity index is 1400. The number of hydrogen-bond donors (Lipinski definition) is 3. The van der Waals surface area contributed by atoms with Crippen LogP contribution in [0.25, 0.3) is 22.3 Å². The highest BCUT2D eigenvalue weighted by Gasteiger charge is 2.64. The van der Waals surface area contributed by atoms with E-state index in [1.165, 1.54) is 36.4 Å². The summed E-state index contributed by atoms with van der Waals surface area (Å²) in [6, 6.07) is 13.3. The Morgan fingerprint density at radius 1 is 0.914 bits per heavy atom. The largest absolute Gasteiger partial charge is 0.411 e. The summed E-state index contributed by atoms with van der Waals surface area (Å²) in [4.78, 5) is 13.4. The summed E-state index contributed by atoms with van der Waals surface area (Å²) >= 11 is 4.06. The highest BCUT2D eigenvalue weighted by Crippen LogP contribution is 2.51. The molecule has 0 aliphatic heterocycles. The molecule has 0 saturated heterocycles. The van der Waals surface area contributed by atoms with E-state index in [4.69, 9.17) is 0 Å². The lowest BCUT2D eigenvalue weighted by Crippen LogP contribution is -2.39. The number of nitrogens with zero attached hydrogens (tertiary/aromatic N) is 3. The average molecular weight is 504 g/mol. The number of halogens is 5. The van der Waals surface area contributed by atoms with Crippen LogP contribution in [0, 0.1) is 11.6 Å². The summed E-state index contributed by atoms with van der Waals surface area (Å²) in [5, 5.41) is 5.52. The fourth-order valence-corrected chi connectivity index (χ4v) is 3.88. The number of thiol groups is 1. The number of benzene rings is 2. The second-order valence-corrected chi connectivity index (χ2v) is 8.79. The molecule has 5 rings (SSSR count). The predicted octanol–water partition coefficient (Wildman–Crippen LogP) is 6.38. The summed E-state index contributed by atoms with van der Waals surface area (Å²) in [5.74, 6) is -0.858. The zero-order valence-corrected chi connectivity index (χ0v) is 18.9. The third kappa shape index (κ3) is 4.72. The van der Waals surface area contributed by atoms with Crippen molar-refractivity contribution in [1.82, 2.24) is 15.0 Å². The molecule has 11 heteroatoms. The van der Waals surface area contributed by atoms with Crippen LogP contribution in [-0.2, 0) is 6.54 Å². The standard InChI is InChI=1S/C24H18F5N5S/c25-15-4-2-14(3-5-15)17-7-8-18-20(31-17)21(34-23(9-10-23)24(27,28)29)33-22(32-18)30-12-13-1-6-16(26)19(35)11-13/h1-8,11,35H,9-10,12H2,(H2,30,32,33,34). The van der Waals surface area contributed by atoms with E-state index in [9.17, 15) is 22.0 Å². The molecule has 0 radical (unpaired) electrons. The van der Waals surface area contributed by atoms with Crippen LogP contribution in [0.5, 0.6) is 0 Å². The molecule has 0 amide bonds. The minimum atomic E-state index is -4.47. The van der Waals surface area contributed by atoms with E-state index in [1.807, 2.05) is 0 Å². The highest BCUT2D eigenvalue weighted by atomic mass is 32.1. The van der Waals surface area contributed by atoms with Gasteiger partial charge in [0.05, 0.1) is 11.2 Å². The number of rotatable bonds is 6. The van der Waals surface area contributed by atoms with E-state index in [2.05, 4.69) is 38.2 Å². The van der Waals surface area contributed by atoms with Crippen molar-refractivity contribution in [3.63, 3.8) is 0 Å². The molecular formula is C24H18F5N5S. The van der Waals surface area contributed by atoms with Crippen molar-refractivity contribution in [2.45, 2.75) is 36.0 Å². The van der Waals surface area contributed by atoms with E-state index in [1.54, 1.807) is 18.2 Å². The van der Waals surface area contributed by atoms with E-state index in [0.29, 0.717) is 22.3 Å². The van der Waals surface area contributed by atoms with Gasteiger partial charge < -0.3 is 10.6 Å². The number of anilines is 2. The molecule has 1 saturated carbocycles. The van der Waals surface area contributed by atoms with Gasteiger partial charge in [0, 0.05) is 17.0 Å². The van der Waals surface area contributed by atoms with Gasteiger partial charge >= 0.3 is 6.18 Å². The van der Waals surface area contributed by atoms with Crippen molar-refractivity contribution < 1.29 is 22.0 Å². The smallest absolute Gasteiger partial charge is 0.354 e. The van der Waals surface area contributed by atoms with E-state index in [-0.39, 0.29) is 41.6 Å². The average Bonchev–Trinajstić information content (AvgIpc) is 3.61. The molecule has 0 bridgehead atoms. The second-order valence-electron chi connectivity index (χ2n) is 8.31. The Balaban J connectivity index is 1.53. The second kappa shape index (κ2) is 8.63. The van der Waals surface area contributed by atoms with Crippen molar-refractivity contribution in [1.29, 1.82) is 0 Å². The van der Waals surface area contributed by atoms with Crippen LogP contribution in [0.2, 0.25) is 0 Å². The third-order valence-electron chi connectivity index (χ3n) is 5.79. The number of pyridine rings is 1. The molecule has 5 nitrogen and oxygen atoms in total. The first kappa shape index (κ1) is 23.3. The SMILES string of the molecule is Fc1ccc(-c2ccc3nc(NCc4ccc(F)c(S)c4)nc(NC4(C(F)(F)F)CC4)c3n2)cc1. The molecule has 2 aromatic carbocycles. The van der Waals surface area contributed by atoms with Gasteiger partial charge in [0.1, 0.15) is 22.7 Å². The molecule has 4 aromatic rings. The van der Waals surface area contributed by atoms with Crippen molar-refractivity contribution in [3.8, 4) is 11.3 Å². The molecule has 2 N–H and O–H groups in total. The van der Waals surface area contributed by atoms with Crippen LogP contribution in [0.15, 0.2) is 59.5 Å². The number of hydrogen-bond acceptors (Lipinski definition) is 6. The quantitative estimate of drug-likeness (QED) is 0.211. The van der Waals surface area contributed by atoms with Gasteiger partial charge in [-0.1, -0.05) is 6.07 Å². The van der Waals surface area contributed by atoms with Crippen LogP contribution >= 0.6 is 12.6 Å². The van der Waals surface area contributed by atoms with E-state index < -0.39 is 23.3 Å². The van der Waals surface area contributed by atoms with Crippen LogP contribution in [-0.4, -0.2) is 26.7 Å². The van der Waals surface area contributed by atoms with Crippen molar-refractivity contribution in [2.75, 3.05) is 10.6 Å². The van der Waals surface area contributed by atoms with E-state index in [0.717, 1.165) is 0 Å². The first-order chi connectivity index (χ1) is 16.6. The van der Waals surface area contributed by atoms with Crippen LogP contribution < -0.4 is 10.6 Å². The summed E-state index contributed by atoms with van der Waals surface area (Å²) < 4.78 is 67.9. The first-order valence-corrected chi connectivity index (χ1v) is 11.1. The van der Waals surface area contributed by atoms with Gasteiger partial charge in [0.2, 0.25) is 5.95 Å². The fourth-order valence-electron chi connectivity index (χ4n) is 3.64. The number of fused-ring (bicyclic) bond motifs is 1. The maximum Gasteiger partial charge on any atom is 0.411 e. The Morgan fingerprint density at radius 3 is 2.31 bits per heavy atom. The van der Waals surface area contributed by atoms with Crippen LogP contribution in [0.4, 0.5) is 33.7 Å². The minimum absolute atomic E-state index is 0.0646. The number of aromatic nitrogens is 3. The monoisotopic (exact) mass is 503 g/mol. The lowest BCUT2D eigenvalue weighted by atomic mass is 10.1. The third-order valence-corrected chi connectivity index (χ3v) is 6.14. The molecule has 1 fully saturated rings. The molecule has 0 spiro atoms. The first-order valence-electron chi connectivity index (χ1n) is 10.6. The Hall–Kier alpha value is -3.47. The molecular weight excluding hydrogens is 485 g/mol. The van der Waals surface area contributed by atoms with Gasteiger partial charge in [-0.3, -0.25) is 0 Å². The lowest BCUT2D eigenvalue weighted by Gasteiger charge is -2.22. The summed E-state index contributed by atoms with van der Waals surface area (Å²) in [6.07, 6.45) is -4.63. The van der Waals surface area contributed by atoms with E-state index >= 15 is 0 Å². The number of nitrogens with one attached hydrogen (secondary N) is 2. The zero-order valence-electron chi connectivity index (χ0n) is 18.0. The molecule has 180 valence electrons. The Morgan fingerprint density at radius 2 is 1.66 bits per heavy atom. The lowest BCUT2D eigenvalue weighted by molar-refractivity contribution is -0.151. The summed E-state index contributed by atoms with van der Waals surface area (Å²) in [5.41, 5.74) is 0.131. The Kier molecular flexibility index (Phi) is 5.74. The van der Waals surface area contributed by atoms with Crippen molar-refractivity contribution in [2.24, 2.45) is 0 Å².